The van der Waals surface area contributed by atoms with E-state index in [0.29, 0.717) is 28.8 Å². The predicted octanol–water partition coefficient (Wildman–Crippen LogP) is 3.83. The average Bonchev–Trinajstić information content (AvgIpc) is 3.55. The molecule has 3 aromatic rings. The lowest BCUT2D eigenvalue weighted by Crippen LogP contribution is -2.33. The number of ether oxygens (including phenoxy) is 2. The Morgan fingerprint density at radius 2 is 2.09 bits per heavy atom. The number of methoxy groups -OCH3 is 1. The number of aryl methyl sites for hydroxylation is 2. The van der Waals surface area contributed by atoms with Gasteiger partial charge >= 0.3 is 0 Å². The number of benzene rings is 1. The molecule has 0 radical (unpaired) electrons. The van der Waals surface area contributed by atoms with E-state index < -0.39 is 29.6 Å². The van der Waals surface area contributed by atoms with Crippen LogP contribution in [0.1, 0.15) is 27.9 Å². The summed E-state index contributed by atoms with van der Waals surface area (Å²) in [5.74, 6) is -0.427. The van der Waals surface area contributed by atoms with Crippen molar-refractivity contribution in [1.29, 1.82) is 0 Å². The number of ketones is 1. The topological polar surface area (TPSA) is 102 Å². The fraction of sp³-hybridized carbons (Fsp3) is 0.261. The maximum atomic E-state index is 13.6. The molecule has 1 N–H and O–H groups in total. The van der Waals surface area contributed by atoms with Crippen LogP contribution in [0.15, 0.2) is 52.3 Å². The first kappa shape index (κ1) is 20.3. The Bertz CT molecular complexity index is 1240. The van der Waals surface area contributed by atoms with Crippen molar-refractivity contribution >= 4 is 28.2 Å². The number of para-hydroxylation sites is 1. The minimum absolute atomic E-state index is 0.0628. The molecule has 2 aliphatic heterocycles. The molecule has 0 fully saturated rings. The van der Waals surface area contributed by atoms with Crippen molar-refractivity contribution < 1.29 is 28.6 Å². The van der Waals surface area contributed by atoms with Crippen LogP contribution in [0.4, 0.5) is 5.13 Å². The van der Waals surface area contributed by atoms with E-state index in [1.807, 2.05) is 26.0 Å². The van der Waals surface area contributed by atoms with Gasteiger partial charge in [-0.25, -0.2) is 4.98 Å². The normalized spacial score (nSPS) is 20.0. The third-order valence-electron chi connectivity index (χ3n) is 5.75. The number of fused-ring (bicyclic) bond motifs is 1. The highest BCUT2D eigenvalue weighted by atomic mass is 32.1. The quantitative estimate of drug-likeness (QED) is 0.628. The molecule has 4 heterocycles. The minimum atomic E-state index is -0.941. The van der Waals surface area contributed by atoms with Gasteiger partial charge in [0.25, 0.3) is 5.91 Å². The summed E-state index contributed by atoms with van der Waals surface area (Å²) in [6.07, 6.45) is 0.862. The lowest BCUT2D eigenvalue weighted by Gasteiger charge is -2.23. The van der Waals surface area contributed by atoms with Crippen molar-refractivity contribution in [3.8, 4) is 11.5 Å². The van der Waals surface area contributed by atoms with Crippen molar-refractivity contribution in [3.63, 3.8) is 0 Å². The molecule has 2 unspecified atom stereocenters. The minimum Gasteiger partial charge on any atom is -0.503 e. The summed E-state index contributed by atoms with van der Waals surface area (Å²) >= 11 is 1.31. The summed E-state index contributed by atoms with van der Waals surface area (Å²) in [6.45, 7) is 3.74. The second-order valence-corrected chi connectivity index (χ2v) is 8.80. The highest BCUT2D eigenvalue weighted by molar-refractivity contribution is 7.15. The summed E-state index contributed by atoms with van der Waals surface area (Å²) in [6, 6.07) is 7.82. The second-order valence-electron chi connectivity index (χ2n) is 7.62. The molecule has 0 bridgehead atoms. The third kappa shape index (κ3) is 3.00. The lowest BCUT2D eigenvalue weighted by atomic mass is 9.95. The number of thiazole rings is 1. The number of carbonyl (C=O) groups is 2. The van der Waals surface area contributed by atoms with Gasteiger partial charge < -0.3 is 19.0 Å². The summed E-state index contributed by atoms with van der Waals surface area (Å²) in [4.78, 5) is 33.4. The molecular formula is C23H20N2O6S. The number of nitrogens with zero attached hydrogens (tertiary/aromatic N) is 2. The van der Waals surface area contributed by atoms with E-state index in [1.54, 1.807) is 18.2 Å². The molecular weight excluding hydrogens is 432 g/mol. The molecule has 5 rings (SSSR count). The number of rotatable bonds is 5. The summed E-state index contributed by atoms with van der Waals surface area (Å²) < 4.78 is 16.8. The Kier molecular flexibility index (Phi) is 4.78. The van der Waals surface area contributed by atoms with Gasteiger partial charge in [0.15, 0.2) is 28.5 Å². The van der Waals surface area contributed by atoms with Crippen LogP contribution in [-0.4, -0.2) is 35.0 Å². The van der Waals surface area contributed by atoms with Gasteiger partial charge in [0, 0.05) is 16.9 Å². The van der Waals surface area contributed by atoms with Crippen LogP contribution in [0.5, 0.6) is 11.5 Å². The van der Waals surface area contributed by atoms with E-state index in [1.165, 1.54) is 29.6 Å². The van der Waals surface area contributed by atoms with Gasteiger partial charge in [-0.3, -0.25) is 14.5 Å². The number of aliphatic hydroxyl groups excluding tert-OH is 1. The molecule has 1 aromatic carbocycles. The van der Waals surface area contributed by atoms with Crippen LogP contribution in [0, 0.1) is 13.8 Å². The van der Waals surface area contributed by atoms with Gasteiger partial charge in [-0.2, -0.15) is 0 Å². The van der Waals surface area contributed by atoms with Gasteiger partial charge in [-0.05, 0) is 32.0 Å². The van der Waals surface area contributed by atoms with E-state index in [-0.39, 0.29) is 5.57 Å². The molecule has 0 aliphatic carbocycles. The fourth-order valence-corrected chi connectivity index (χ4v) is 4.99. The smallest absolute Gasteiger partial charge is 0.296 e. The van der Waals surface area contributed by atoms with E-state index in [4.69, 9.17) is 13.9 Å². The molecule has 0 saturated heterocycles. The van der Waals surface area contributed by atoms with Crippen LogP contribution in [0.2, 0.25) is 0 Å². The summed E-state index contributed by atoms with van der Waals surface area (Å²) in [5.41, 5.74) is 1.54. The first-order chi connectivity index (χ1) is 15.4. The molecule has 2 aliphatic rings. The lowest BCUT2D eigenvalue weighted by molar-refractivity contribution is -0.122. The number of Topliss-reactive ketones (excluding diaryl/α,β-unsaturated/α-hetero) is 1. The first-order valence-corrected chi connectivity index (χ1v) is 10.8. The van der Waals surface area contributed by atoms with Crippen LogP contribution in [-0.2, 0) is 16.0 Å². The Morgan fingerprint density at radius 1 is 1.28 bits per heavy atom. The maximum Gasteiger partial charge on any atom is 0.296 e. The molecule has 1 amide bonds. The van der Waals surface area contributed by atoms with Crippen LogP contribution < -0.4 is 14.4 Å². The van der Waals surface area contributed by atoms with Crippen LogP contribution in [0.25, 0.3) is 0 Å². The molecule has 0 saturated carbocycles. The van der Waals surface area contributed by atoms with Gasteiger partial charge in [0.1, 0.15) is 11.8 Å². The molecule has 8 nitrogen and oxygen atoms in total. The Balaban J connectivity index is 1.55. The molecule has 9 heteroatoms. The fourth-order valence-electron chi connectivity index (χ4n) is 4.05. The number of amides is 1. The monoisotopic (exact) mass is 452 g/mol. The van der Waals surface area contributed by atoms with Gasteiger partial charge in [-0.1, -0.05) is 12.1 Å². The summed E-state index contributed by atoms with van der Waals surface area (Å²) in [7, 11) is 1.53. The zero-order valence-corrected chi connectivity index (χ0v) is 18.4. The first-order valence-electron chi connectivity index (χ1n) is 10.0. The van der Waals surface area contributed by atoms with Crippen molar-refractivity contribution in [2.75, 3.05) is 12.0 Å². The maximum absolute atomic E-state index is 13.6. The zero-order valence-electron chi connectivity index (χ0n) is 17.6. The Hall–Kier alpha value is -3.59. The van der Waals surface area contributed by atoms with E-state index in [0.717, 1.165) is 16.1 Å². The highest BCUT2D eigenvalue weighted by Gasteiger charge is 2.49. The molecule has 164 valence electrons. The van der Waals surface area contributed by atoms with Gasteiger partial charge in [0.05, 0.1) is 24.6 Å². The number of hydrogen-bond donors (Lipinski definition) is 1. The van der Waals surface area contributed by atoms with Crippen molar-refractivity contribution in [2.24, 2.45) is 0 Å². The molecule has 2 aromatic heterocycles. The van der Waals surface area contributed by atoms with Crippen LogP contribution in [0.3, 0.4) is 0 Å². The number of hydrogen-bond acceptors (Lipinski definition) is 8. The number of anilines is 1. The number of furan rings is 1. The van der Waals surface area contributed by atoms with Gasteiger partial charge in [0.2, 0.25) is 5.78 Å². The second kappa shape index (κ2) is 7.52. The number of aromatic nitrogens is 1. The largest absolute Gasteiger partial charge is 0.503 e. The standard InChI is InChI=1S/C23H20N2O6S/c1-11-12(2)32-23(24-11)25-18(14-8-5-9-30-14)17(20(27)22(25)28)19(26)16-10-13-6-4-7-15(29-3)21(13)31-16/h4-9,16,18,27H,10H2,1-3H3. The van der Waals surface area contributed by atoms with Crippen molar-refractivity contribution in [1.82, 2.24) is 4.98 Å². The average molecular weight is 452 g/mol. The SMILES string of the molecule is COc1cccc2c1OC(C(=O)C1=C(O)C(=O)N(c3nc(C)c(C)s3)C1c1ccco1)C2. The van der Waals surface area contributed by atoms with E-state index >= 15 is 0 Å². The number of aliphatic hydroxyl groups is 1. The molecule has 0 spiro atoms. The van der Waals surface area contributed by atoms with Crippen molar-refractivity contribution in [2.45, 2.75) is 32.4 Å². The predicted molar refractivity (Wildman–Crippen MR) is 116 cm³/mol. The Morgan fingerprint density at radius 3 is 2.75 bits per heavy atom. The molecule has 2 atom stereocenters. The Labute approximate surface area is 187 Å². The molecule has 32 heavy (non-hydrogen) atoms. The summed E-state index contributed by atoms with van der Waals surface area (Å²) in [5, 5.41) is 11.2. The van der Waals surface area contributed by atoms with Gasteiger partial charge in [-0.15, -0.1) is 11.3 Å². The van der Waals surface area contributed by atoms with Crippen LogP contribution >= 0.6 is 11.3 Å². The van der Waals surface area contributed by atoms with E-state index in [2.05, 4.69) is 4.98 Å². The zero-order chi connectivity index (χ0) is 22.6. The highest BCUT2D eigenvalue weighted by Crippen LogP contribution is 2.45. The van der Waals surface area contributed by atoms with E-state index in [9.17, 15) is 14.7 Å². The van der Waals surface area contributed by atoms with Crippen molar-refractivity contribution in [3.05, 3.63) is 69.8 Å². The number of carbonyl (C=O) groups excluding carboxylic acids is 2. The third-order valence-corrected chi connectivity index (χ3v) is 6.82.